The summed E-state index contributed by atoms with van der Waals surface area (Å²) in [6.07, 6.45) is 6.27. The van der Waals surface area contributed by atoms with Gasteiger partial charge in [0.05, 0.1) is 17.2 Å². The molecule has 0 aliphatic carbocycles. The van der Waals surface area contributed by atoms with Crippen molar-refractivity contribution in [1.82, 2.24) is 0 Å². The van der Waals surface area contributed by atoms with Crippen LogP contribution in [0, 0.1) is 17.8 Å². The number of nitrogens with zero attached hydrogens (tertiary/aromatic N) is 1. The van der Waals surface area contributed by atoms with Crippen molar-refractivity contribution in [2.45, 2.75) is 71.1 Å². The Labute approximate surface area is 218 Å². The van der Waals surface area contributed by atoms with Gasteiger partial charge in [0.15, 0.2) is 6.20 Å². The molecule has 0 bridgehead atoms. The predicted octanol–water partition coefficient (Wildman–Crippen LogP) is 9.18. The molecular weight excluding hydrogens is 458 g/mol. The van der Waals surface area contributed by atoms with E-state index in [1.54, 1.807) is 0 Å². The summed E-state index contributed by atoms with van der Waals surface area (Å²) >= 11 is 1.94. The molecule has 3 heteroatoms. The third kappa shape index (κ3) is 3.66. The van der Waals surface area contributed by atoms with Crippen molar-refractivity contribution in [2.75, 3.05) is 0 Å². The summed E-state index contributed by atoms with van der Waals surface area (Å²) in [5, 5.41) is 6.71. The maximum atomic E-state index is 6.21. The molecule has 2 nitrogen and oxygen atoms in total. The smallest absolute Gasteiger partial charge is 0.222 e. The van der Waals surface area contributed by atoms with Gasteiger partial charge in [-0.2, -0.15) is 0 Å². The third-order valence-electron chi connectivity index (χ3n) is 7.41. The molecule has 0 radical (unpaired) electrons. The Kier molecular flexibility index (Phi) is 5.15. The molecule has 2 aromatic heterocycles. The Morgan fingerprint density at radius 1 is 0.861 bits per heavy atom. The minimum atomic E-state index is 0.188. The van der Waals surface area contributed by atoms with Crippen LogP contribution in [-0.2, 0) is 19.9 Å². The molecule has 1 aliphatic heterocycles. The van der Waals surface area contributed by atoms with Crippen molar-refractivity contribution >= 4 is 44.3 Å². The second kappa shape index (κ2) is 7.86. The lowest BCUT2D eigenvalue weighted by molar-refractivity contribution is -0.659. The molecule has 0 N–H and O–H groups in total. The van der Waals surface area contributed by atoms with Crippen molar-refractivity contribution in [2.24, 2.45) is 17.9 Å². The summed E-state index contributed by atoms with van der Waals surface area (Å²) in [5.74, 6) is 0. The maximum Gasteiger partial charge on any atom is 0.222 e. The van der Waals surface area contributed by atoms with Gasteiger partial charge in [-0.05, 0) is 64.1 Å². The highest BCUT2D eigenvalue weighted by Crippen LogP contribution is 2.54. The minimum absolute atomic E-state index is 0.188. The summed E-state index contributed by atoms with van der Waals surface area (Å²) < 4.78 is 8.55. The zero-order valence-corrected chi connectivity index (χ0v) is 23.6. The van der Waals surface area contributed by atoms with Crippen LogP contribution in [-0.4, -0.2) is 0 Å². The molecule has 0 fully saturated rings. The standard InChI is InChI=1S/C33H36NOS/c1-19-21-11-9-10-12-22(21)24(17-33(5,6)7)31-27(19)30-29-23(13-14-34(30)8)28-20(16-32(2,3)4)18-35-25(28)15-26(29)36-31/h9-15,18H,16-17H2,1-8H3/q+1. The fraction of sp³-hybridized carbons (Fsp3) is 0.364. The van der Waals surface area contributed by atoms with Crippen molar-refractivity contribution in [3.05, 3.63) is 65.5 Å². The Morgan fingerprint density at radius 2 is 1.56 bits per heavy atom. The zero-order chi connectivity index (χ0) is 25.6. The summed E-state index contributed by atoms with van der Waals surface area (Å²) in [5.41, 5.74) is 8.28. The highest BCUT2D eigenvalue weighted by molar-refractivity contribution is 8.00. The van der Waals surface area contributed by atoms with Gasteiger partial charge in [0.25, 0.3) is 0 Å². The van der Waals surface area contributed by atoms with Gasteiger partial charge in [-0.3, -0.25) is 0 Å². The van der Waals surface area contributed by atoms with E-state index in [9.17, 15) is 0 Å². The van der Waals surface area contributed by atoms with E-state index in [1.165, 1.54) is 64.7 Å². The van der Waals surface area contributed by atoms with Gasteiger partial charge in [0, 0.05) is 26.6 Å². The molecule has 0 saturated carbocycles. The SMILES string of the molecule is Cc1c2c(c(CC(C)(C)C)c3ccccc13)Sc1cc3occ(CC(C)(C)C)c3c3cc[n+](C)c-2c13. The average Bonchev–Trinajstić information content (AvgIpc) is 3.18. The van der Waals surface area contributed by atoms with Crippen molar-refractivity contribution in [3.8, 4) is 11.3 Å². The second-order valence-electron chi connectivity index (χ2n) is 13.0. The highest BCUT2D eigenvalue weighted by atomic mass is 32.2. The van der Waals surface area contributed by atoms with Crippen LogP contribution in [0.5, 0.6) is 0 Å². The number of furan rings is 1. The van der Waals surface area contributed by atoms with Gasteiger partial charge in [0.1, 0.15) is 12.6 Å². The van der Waals surface area contributed by atoms with E-state index in [0.717, 1.165) is 18.4 Å². The normalized spacial score (nSPS) is 13.7. The Balaban J connectivity index is 1.75. The van der Waals surface area contributed by atoms with Gasteiger partial charge in [-0.1, -0.05) is 77.6 Å². The quantitative estimate of drug-likeness (QED) is 0.223. The van der Waals surface area contributed by atoms with E-state index in [4.69, 9.17) is 4.42 Å². The molecule has 0 spiro atoms. The summed E-state index contributed by atoms with van der Waals surface area (Å²) in [6.45, 7) is 16.3. The van der Waals surface area contributed by atoms with Crippen molar-refractivity contribution < 1.29 is 8.98 Å². The topological polar surface area (TPSA) is 17.0 Å². The number of pyridine rings is 1. The van der Waals surface area contributed by atoms with Crippen molar-refractivity contribution in [3.63, 3.8) is 0 Å². The first-order valence-electron chi connectivity index (χ1n) is 13.0. The van der Waals surface area contributed by atoms with Crippen LogP contribution < -0.4 is 4.57 Å². The fourth-order valence-electron chi connectivity index (χ4n) is 6.07. The number of aromatic nitrogens is 1. The van der Waals surface area contributed by atoms with E-state index in [-0.39, 0.29) is 10.8 Å². The van der Waals surface area contributed by atoms with Gasteiger partial charge >= 0.3 is 0 Å². The van der Waals surface area contributed by atoms with Crippen molar-refractivity contribution in [1.29, 1.82) is 0 Å². The number of rotatable bonds is 2. The molecule has 3 heterocycles. The second-order valence-corrected chi connectivity index (χ2v) is 14.1. The van der Waals surface area contributed by atoms with Gasteiger partial charge < -0.3 is 4.42 Å². The minimum Gasteiger partial charge on any atom is -0.464 e. The molecule has 5 aromatic rings. The molecule has 0 saturated heterocycles. The summed E-state index contributed by atoms with van der Waals surface area (Å²) in [4.78, 5) is 2.72. The number of aryl methyl sites for hydroxylation is 2. The van der Waals surface area contributed by atoms with Gasteiger partial charge in [0.2, 0.25) is 5.69 Å². The molecule has 3 aromatic carbocycles. The monoisotopic (exact) mass is 494 g/mol. The average molecular weight is 495 g/mol. The van der Waals surface area contributed by atoms with Gasteiger partial charge in [-0.25, -0.2) is 4.57 Å². The van der Waals surface area contributed by atoms with Gasteiger partial charge in [-0.15, -0.1) is 0 Å². The van der Waals surface area contributed by atoms with Crippen LogP contribution in [0.15, 0.2) is 63.1 Å². The Bertz CT molecular complexity index is 1690. The van der Waals surface area contributed by atoms with E-state index in [1.807, 2.05) is 18.0 Å². The number of benzene rings is 3. The molecular formula is C33H36NOS+. The Hall–Kier alpha value is -2.78. The summed E-state index contributed by atoms with van der Waals surface area (Å²) in [6, 6.07) is 13.6. The molecule has 0 unspecified atom stereocenters. The first-order valence-corrected chi connectivity index (χ1v) is 13.8. The van der Waals surface area contributed by atoms with Crippen LogP contribution in [0.1, 0.15) is 58.2 Å². The van der Waals surface area contributed by atoms with Crippen LogP contribution in [0.2, 0.25) is 0 Å². The largest absolute Gasteiger partial charge is 0.464 e. The van der Waals surface area contributed by atoms with E-state index < -0.39 is 0 Å². The molecule has 36 heavy (non-hydrogen) atoms. The van der Waals surface area contributed by atoms with Crippen LogP contribution in [0.4, 0.5) is 0 Å². The first-order chi connectivity index (χ1) is 16.9. The lowest BCUT2D eigenvalue weighted by atomic mass is 9.83. The number of fused-ring (bicyclic) bond motifs is 5. The van der Waals surface area contributed by atoms with E-state index in [0.29, 0.717) is 0 Å². The number of hydrogen-bond donors (Lipinski definition) is 0. The van der Waals surface area contributed by atoms with Crippen LogP contribution in [0.3, 0.4) is 0 Å². The lowest BCUT2D eigenvalue weighted by Gasteiger charge is -2.28. The van der Waals surface area contributed by atoms with E-state index in [2.05, 4.69) is 103 Å². The van der Waals surface area contributed by atoms with Crippen LogP contribution >= 0.6 is 11.8 Å². The first kappa shape index (κ1) is 23.6. The van der Waals surface area contributed by atoms with Crippen LogP contribution in [0.25, 0.3) is 43.8 Å². The zero-order valence-electron chi connectivity index (χ0n) is 22.8. The molecule has 0 amide bonds. The third-order valence-corrected chi connectivity index (χ3v) is 8.60. The van der Waals surface area contributed by atoms with E-state index >= 15 is 0 Å². The molecule has 6 rings (SSSR count). The predicted molar refractivity (Wildman–Crippen MR) is 153 cm³/mol. The lowest BCUT2D eigenvalue weighted by Crippen LogP contribution is -2.32. The summed E-state index contributed by atoms with van der Waals surface area (Å²) in [7, 11) is 2.20. The maximum absolute atomic E-state index is 6.21. The fourth-order valence-corrected chi connectivity index (χ4v) is 7.42. The molecule has 184 valence electrons. The molecule has 0 atom stereocenters. The highest BCUT2D eigenvalue weighted by Gasteiger charge is 2.34. The number of hydrogen-bond acceptors (Lipinski definition) is 2. The molecule has 1 aliphatic rings. The Morgan fingerprint density at radius 3 is 2.25 bits per heavy atom.